The molecule has 214 valence electrons. The predicted octanol–water partition coefficient (Wildman–Crippen LogP) is 5.95. The minimum absolute atomic E-state index is 0.245. The first-order valence-corrected chi connectivity index (χ1v) is 14.2. The number of nitrogens with one attached hydrogen (secondary N) is 1. The van der Waals surface area contributed by atoms with E-state index >= 15 is 0 Å². The average molecular weight is 571 g/mol. The van der Waals surface area contributed by atoms with Crippen molar-refractivity contribution in [2.75, 3.05) is 24.4 Å². The Morgan fingerprint density at radius 2 is 1.51 bits per heavy atom. The molecule has 1 fully saturated rings. The lowest BCUT2D eigenvalue weighted by molar-refractivity contribution is -0.121. The largest absolute Gasteiger partial charge is 0.497 e. The third-order valence-corrected chi connectivity index (χ3v) is 9.16. The standard InChI is InChI=1S/C36H30N2O5/c1-21-19-30-36(27-12-5-6-13-28(27)37-35(36)41)31(33(39)23-9-8-10-25(20-23)43-3)32(38(30)29-14-7-4-11-26(21)29)34(40)22-15-17-24(42-2)18-16-22/h4-20,30-32H,1-3H3,(H,37,41)/t30-,31-,32-,36-/m0/s1. The van der Waals surface area contributed by atoms with E-state index in [0.717, 1.165) is 16.8 Å². The number of ketones is 2. The zero-order chi connectivity index (χ0) is 29.9. The van der Waals surface area contributed by atoms with Crippen LogP contribution in [0.3, 0.4) is 0 Å². The van der Waals surface area contributed by atoms with Crippen LogP contribution in [0.25, 0.3) is 5.57 Å². The van der Waals surface area contributed by atoms with Crippen LogP contribution in [-0.2, 0) is 10.2 Å². The molecule has 0 aliphatic carbocycles. The molecule has 43 heavy (non-hydrogen) atoms. The van der Waals surface area contributed by atoms with Crippen molar-refractivity contribution in [2.45, 2.75) is 24.4 Å². The quantitative estimate of drug-likeness (QED) is 0.289. The molecule has 0 bridgehead atoms. The Morgan fingerprint density at radius 3 is 2.28 bits per heavy atom. The first kappa shape index (κ1) is 26.7. The number of rotatable bonds is 6. The summed E-state index contributed by atoms with van der Waals surface area (Å²) in [6.07, 6.45) is 2.05. The van der Waals surface area contributed by atoms with Gasteiger partial charge in [0, 0.05) is 28.1 Å². The fourth-order valence-electron chi connectivity index (χ4n) is 7.27. The van der Waals surface area contributed by atoms with Crippen molar-refractivity contribution in [3.05, 3.63) is 125 Å². The Bertz CT molecular complexity index is 1830. The molecule has 0 radical (unpaired) electrons. The number of Topliss-reactive ketones (excluding diaryl/α,β-unsaturated/α-hetero) is 2. The number of nitrogens with zero attached hydrogens (tertiary/aromatic N) is 1. The Kier molecular flexibility index (Phi) is 6.20. The zero-order valence-electron chi connectivity index (χ0n) is 24.0. The molecule has 1 N–H and O–H groups in total. The molecule has 3 aliphatic heterocycles. The number of carbonyl (C=O) groups excluding carboxylic acids is 3. The van der Waals surface area contributed by atoms with Gasteiger partial charge in [0.15, 0.2) is 11.6 Å². The minimum Gasteiger partial charge on any atom is -0.497 e. The summed E-state index contributed by atoms with van der Waals surface area (Å²) >= 11 is 0. The van der Waals surface area contributed by atoms with Crippen LogP contribution in [0.5, 0.6) is 11.5 Å². The predicted molar refractivity (Wildman–Crippen MR) is 165 cm³/mol. The van der Waals surface area contributed by atoms with Gasteiger partial charge >= 0.3 is 0 Å². The molecule has 4 aromatic carbocycles. The summed E-state index contributed by atoms with van der Waals surface area (Å²) in [5, 5.41) is 3.08. The third kappa shape index (κ3) is 3.77. The SMILES string of the molecule is COc1ccc(C(=O)[C@@H]2[C@@H](C(=O)c3cccc(OC)c3)[C@@]3(C(=O)Nc4ccccc43)[C@@H]3C=C(C)c4ccccc4N23)cc1. The van der Waals surface area contributed by atoms with Crippen LogP contribution >= 0.6 is 0 Å². The van der Waals surface area contributed by atoms with E-state index in [-0.39, 0.29) is 17.5 Å². The van der Waals surface area contributed by atoms with Gasteiger partial charge in [-0.15, -0.1) is 0 Å². The van der Waals surface area contributed by atoms with E-state index in [4.69, 9.17) is 9.47 Å². The van der Waals surface area contributed by atoms with E-state index in [1.54, 1.807) is 62.8 Å². The lowest BCUT2D eigenvalue weighted by Crippen LogP contribution is -2.51. The summed E-state index contributed by atoms with van der Waals surface area (Å²) in [5.41, 5.74) is 3.56. The average Bonchev–Trinajstić information content (AvgIpc) is 3.52. The number of hydrogen-bond acceptors (Lipinski definition) is 6. The van der Waals surface area contributed by atoms with Crippen molar-refractivity contribution < 1.29 is 23.9 Å². The molecule has 0 unspecified atom stereocenters. The summed E-state index contributed by atoms with van der Waals surface area (Å²) in [6.45, 7) is 2.01. The molecule has 3 aliphatic rings. The van der Waals surface area contributed by atoms with Gasteiger partial charge in [-0.05, 0) is 66.6 Å². The number of anilines is 2. The number of methoxy groups -OCH3 is 2. The molecule has 1 spiro atoms. The minimum atomic E-state index is -1.38. The van der Waals surface area contributed by atoms with E-state index in [1.165, 1.54) is 0 Å². The summed E-state index contributed by atoms with van der Waals surface area (Å²) in [5.74, 6) is -0.754. The molecular weight excluding hydrogens is 540 g/mol. The highest BCUT2D eigenvalue weighted by Gasteiger charge is 2.70. The Labute approximate surface area is 249 Å². The van der Waals surface area contributed by atoms with Gasteiger partial charge in [-0.25, -0.2) is 0 Å². The molecule has 0 aromatic heterocycles. The molecule has 7 nitrogen and oxygen atoms in total. The molecule has 7 rings (SSSR count). The van der Waals surface area contributed by atoms with Gasteiger partial charge in [0.2, 0.25) is 5.91 Å². The first-order valence-electron chi connectivity index (χ1n) is 14.2. The number of allylic oxidation sites excluding steroid dienone is 1. The molecule has 4 aromatic rings. The molecule has 0 saturated carbocycles. The third-order valence-electron chi connectivity index (χ3n) is 9.16. The molecule has 7 heteroatoms. The van der Waals surface area contributed by atoms with Crippen LogP contribution in [-0.4, -0.2) is 43.8 Å². The van der Waals surface area contributed by atoms with Crippen molar-refractivity contribution in [3.8, 4) is 11.5 Å². The topological polar surface area (TPSA) is 84.9 Å². The van der Waals surface area contributed by atoms with Crippen LogP contribution in [0, 0.1) is 5.92 Å². The summed E-state index contributed by atoms with van der Waals surface area (Å²) < 4.78 is 10.8. The highest BCUT2D eigenvalue weighted by atomic mass is 16.5. The number of ether oxygens (including phenoxy) is 2. The number of benzene rings is 4. The van der Waals surface area contributed by atoms with E-state index in [9.17, 15) is 14.4 Å². The zero-order valence-corrected chi connectivity index (χ0v) is 24.0. The maximum absolute atomic E-state index is 15.0. The van der Waals surface area contributed by atoms with E-state index in [2.05, 4.69) is 11.4 Å². The van der Waals surface area contributed by atoms with Gasteiger partial charge in [0.25, 0.3) is 0 Å². The van der Waals surface area contributed by atoms with Gasteiger partial charge in [-0.2, -0.15) is 0 Å². The van der Waals surface area contributed by atoms with Crippen LogP contribution in [0.1, 0.15) is 38.8 Å². The van der Waals surface area contributed by atoms with Crippen LogP contribution in [0.2, 0.25) is 0 Å². The Hall–Kier alpha value is -5.17. The van der Waals surface area contributed by atoms with E-state index < -0.39 is 23.4 Å². The molecule has 3 heterocycles. The van der Waals surface area contributed by atoms with Crippen LogP contribution in [0.4, 0.5) is 11.4 Å². The number of hydrogen-bond donors (Lipinski definition) is 1. The Balaban J connectivity index is 1.53. The number of amides is 1. The van der Waals surface area contributed by atoms with Crippen molar-refractivity contribution >= 4 is 34.4 Å². The van der Waals surface area contributed by atoms with Gasteiger partial charge in [-0.1, -0.05) is 54.6 Å². The van der Waals surface area contributed by atoms with Crippen molar-refractivity contribution in [3.63, 3.8) is 0 Å². The normalized spacial score (nSPS) is 23.1. The van der Waals surface area contributed by atoms with Gasteiger partial charge < -0.3 is 19.7 Å². The summed E-state index contributed by atoms with van der Waals surface area (Å²) in [4.78, 5) is 46.3. The second-order valence-corrected chi connectivity index (χ2v) is 11.2. The molecule has 1 amide bonds. The fraction of sp³-hybridized carbons (Fsp3) is 0.194. The van der Waals surface area contributed by atoms with Gasteiger partial charge in [-0.3, -0.25) is 14.4 Å². The molecule has 4 atom stereocenters. The monoisotopic (exact) mass is 570 g/mol. The van der Waals surface area contributed by atoms with Crippen LogP contribution in [0.15, 0.2) is 103 Å². The summed E-state index contributed by atoms with van der Waals surface area (Å²) in [6, 6.07) is 27.6. The van der Waals surface area contributed by atoms with Crippen LogP contribution < -0.4 is 19.7 Å². The maximum atomic E-state index is 15.0. The maximum Gasteiger partial charge on any atom is 0.238 e. The molecular formula is C36H30N2O5. The second kappa shape index (κ2) is 9.98. The first-order chi connectivity index (χ1) is 20.9. The van der Waals surface area contributed by atoms with Crippen molar-refractivity contribution in [2.24, 2.45) is 5.92 Å². The Morgan fingerprint density at radius 1 is 0.791 bits per heavy atom. The molecule has 1 saturated heterocycles. The van der Waals surface area contributed by atoms with Gasteiger partial charge in [0.1, 0.15) is 23.0 Å². The second-order valence-electron chi connectivity index (χ2n) is 11.2. The highest BCUT2D eigenvalue weighted by molar-refractivity contribution is 6.18. The lowest BCUT2D eigenvalue weighted by atomic mass is 9.64. The summed E-state index contributed by atoms with van der Waals surface area (Å²) in [7, 11) is 3.11. The highest BCUT2D eigenvalue weighted by Crippen LogP contribution is 2.58. The fourth-order valence-corrected chi connectivity index (χ4v) is 7.27. The number of para-hydroxylation sites is 2. The smallest absolute Gasteiger partial charge is 0.238 e. The van der Waals surface area contributed by atoms with E-state index in [0.29, 0.717) is 33.9 Å². The van der Waals surface area contributed by atoms with Crippen molar-refractivity contribution in [1.29, 1.82) is 0 Å². The number of fused-ring (bicyclic) bond motifs is 6. The number of carbonyl (C=O) groups is 3. The van der Waals surface area contributed by atoms with Gasteiger partial charge in [0.05, 0.1) is 26.2 Å². The van der Waals surface area contributed by atoms with E-state index in [1.807, 2.05) is 60.4 Å². The lowest BCUT2D eigenvalue weighted by Gasteiger charge is -2.39. The van der Waals surface area contributed by atoms with Crippen molar-refractivity contribution in [1.82, 2.24) is 0 Å².